The molecule has 2 aromatic rings. The van der Waals surface area contributed by atoms with Crippen LogP contribution in [0.25, 0.3) is 11.4 Å². The summed E-state index contributed by atoms with van der Waals surface area (Å²) in [6, 6.07) is 7.58. The number of methoxy groups -OCH3 is 1. The van der Waals surface area contributed by atoms with Crippen molar-refractivity contribution in [1.29, 1.82) is 0 Å². The van der Waals surface area contributed by atoms with Gasteiger partial charge in [-0.05, 0) is 24.3 Å². The summed E-state index contributed by atoms with van der Waals surface area (Å²) in [5, 5.41) is 0. The first kappa shape index (κ1) is 12.3. The van der Waals surface area contributed by atoms with Gasteiger partial charge in [-0.25, -0.2) is 9.97 Å². The second-order valence-corrected chi connectivity index (χ2v) is 3.71. The summed E-state index contributed by atoms with van der Waals surface area (Å²) in [4.78, 5) is 8.31. The third-order valence-corrected chi connectivity index (χ3v) is 2.34. The highest BCUT2D eigenvalue weighted by molar-refractivity contribution is 5.56. The van der Waals surface area contributed by atoms with Gasteiger partial charge < -0.3 is 15.2 Å². The van der Waals surface area contributed by atoms with Crippen molar-refractivity contribution in [2.24, 2.45) is 0 Å². The molecule has 0 amide bonds. The molecule has 0 bridgehead atoms. The van der Waals surface area contributed by atoms with Gasteiger partial charge >= 0.3 is 0 Å². The molecular weight excluding hydrogens is 230 g/mol. The first-order chi connectivity index (χ1) is 8.79. The van der Waals surface area contributed by atoms with Gasteiger partial charge in [-0.1, -0.05) is 0 Å². The normalized spacial score (nSPS) is 10.3. The van der Waals surface area contributed by atoms with Crippen molar-refractivity contribution in [2.75, 3.05) is 26.1 Å². The van der Waals surface area contributed by atoms with Gasteiger partial charge in [0.1, 0.15) is 12.4 Å². The minimum Gasteiger partial charge on any atom is -0.491 e. The summed E-state index contributed by atoms with van der Waals surface area (Å²) in [6.45, 7) is 1.11. The third kappa shape index (κ3) is 3.18. The van der Waals surface area contributed by atoms with Crippen LogP contribution in [0.5, 0.6) is 5.75 Å². The SMILES string of the molecule is COCCOc1ccc(-c2ncc(N)cn2)cc1. The Hall–Kier alpha value is -2.14. The fourth-order valence-corrected chi connectivity index (χ4v) is 1.43. The molecule has 0 saturated carbocycles. The van der Waals surface area contributed by atoms with Crippen LogP contribution in [0, 0.1) is 0 Å². The standard InChI is InChI=1S/C13H15N3O2/c1-17-6-7-18-12-4-2-10(3-5-12)13-15-8-11(14)9-16-13/h2-5,8-9H,6-7,14H2,1H3. The summed E-state index contributed by atoms with van der Waals surface area (Å²) in [5.41, 5.74) is 7.02. The van der Waals surface area contributed by atoms with Crippen molar-refractivity contribution in [2.45, 2.75) is 0 Å². The van der Waals surface area contributed by atoms with Crippen molar-refractivity contribution >= 4 is 5.69 Å². The highest BCUT2D eigenvalue weighted by atomic mass is 16.5. The molecule has 2 N–H and O–H groups in total. The van der Waals surface area contributed by atoms with Crippen molar-refractivity contribution in [3.05, 3.63) is 36.7 Å². The smallest absolute Gasteiger partial charge is 0.159 e. The van der Waals surface area contributed by atoms with E-state index < -0.39 is 0 Å². The molecule has 5 nitrogen and oxygen atoms in total. The maximum Gasteiger partial charge on any atom is 0.159 e. The molecule has 0 radical (unpaired) electrons. The Labute approximate surface area is 106 Å². The number of aromatic nitrogens is 2. The molecule has 94 valence electrons. The zero-order chi connectivity index (χ0) is 12.8. The summed E-state index contributed by atoms with van der Waals surface area (Å²) in [7, 11) is 1.64. The monoisotopic (exact) mass is 245 g/mol. The van der Waals surface area contributed by atoms with Gasteiger partial charge in [0.2, 0.25) is 0 Å². The molecule has 0 aliphatic heterocycles. The van der Waals surface area contributed by atoms with E-state index in [9.17, 15) is 0 Å². The first-order valence-electron chi connectivity index (χ1n) is 5.59. The molecule has 1 aromatic heterocycles. The maximum absolute atomic E-state index is 5.54. The Balaban J connectivity index is 2.05. The summed E-state index contributed by atoms with van der Waals surface area (Å²) < 4.78 is 10.4. The molecule has 0 atom stereocenters. The quantitative estimate of drug-likeness (QED) is 0.813. The Kier molecular flexibility index (Phi) is 4.09. The fourth-order valence-electron chi connectivity index (χ4n) is 1.43. The lowest BCUT2D eigenvalue weighted by Gasteiger charge is -2.06. The van der Waals surface area contributed by atoms with E-state index in [0.717, 1.165) is 11.3 Å². The van der Waals surface area contributed by atoms with Crippen LogP contribution in [-0.2, 0) is 4.74 Å². The molecule has 0 fully saturated rings. The Bertz CT molecular complexity index is 483. The van der Waals surface area contributed by atoms with Gasteiger partial charge in [-0.2, -0.15) is 0 Å². The first-order valence-corrected chi connectivity index (χ1v) is 5.59. The number of ether oxygens (including phenoxy) is 2. The molecule has 0 aliphatic carbocycles. The van der Waals surface area contributed by atoms with Crippen molar-refractivity contribution < 1.29 is 9.47 Å². The second kappa shape index (κ2) is 5.97. The third-order valence-electron chi connectivity index (χ3n) is 2.34. The number of nitrogens with zero attached hydrogens (tertiary/aromatic N) is 2. The van der Waals surface area contributed by atoms with Crippen molar-refractivity contribution in [3.8, 4) is 17.1 Å². The van der Waals surface area contributed by atoms with Gasteiger partial charge in [0.15, 0.2) is 5.82 Å². The summed E-state index contributed by atoms with van der Waals surface area (Å²) in [5.74, 6) is 1.44. The van der Waals surface area contributed by atoms with Crippen LogP contribution in [-0.4, -0.2) is 30.3 Å². The molecule has 1 heterocycles. The molecule has 5 heteroatoms. The number of rotatable bonds is 5. The summed E-state index contributed by atoms with van der Waals surface area (Å²) in [6.07, 6.45) is 3.18. The van der Waals surface area contributed by atoms with E-state index in [2.05, 4.69) is 9.97 Å². The van der Waals surface area contributed by atoms with Crippen LogP contribution in [0.4, 0.5) is 5.69 Å². The van der Waals surface area contributed by atoms with Gasteiger partial charge in [-0.15, -0.1) is 0 Å². The van der Waals surface area contributed by atoms with E-state index >= 15 is 0 Å². The zero-order valence-electron chi connectivity index (χ0n) is 10.2. The topological polar surface area (TPSA) is 70.3 Å². The Morgan fingerprint density at radius 2 is 1.72 bits per heavy atom. The number of hydrogen-bond acceptors (Lipinski definition) is 5. The fraction of sp³-hybridized carbons (Fsp3) is 0.231. The number of anilines is 1. The molecule has 0 saturated heterocycles. The summed E-state index contributed by atoms with van der Waals surface area (Å²) >= 11 is 0. The molecular formula is C13H15N3O2. The van der Waals surface area contributed by atoms with Crippen LogP contribution in [0.2, 0.25) is 0 Å². The van der Waals surface area contributed by atoms with Crippen molar-refractivity contribution in [1.82, 2.24) is 9.97 Å². The average molecular weight is 245 g/mol. The molecule has 18 heavy (non-hydrogen) atoms. The van der Waals surface area contributed by atoms with E-state index in [1.54, 1.807) is 19.5 Å². The zero-order valence-corrected chi connectivity index (χ0v) is 10.2. The van der Waals surface area contributed by atoms with Crippen LogP contribution in [0.1, 0.15) is 0 Å². The van der Waals surface area contributed by atoms with Crippen LogP contribution < -0.4 is 10.5 Å². The van der Waals surface area contributed by atoms with Gasteiger partial charge in [0.25, 0.3) is 0 Å². The van der Waals surface area contributed by atoms with Crippen LogP contribution in [0.15, 0.2) is 36.7 Å². The predicted molar refractivity (Wildman–Crippen MR) is 69.3 cm³/mol. The average Bonchev–Trinajstić information content (AvgIpc) is 2.41. The molecule has 0 aliphatic rings. The molecule has 0 unspecified atom stereocenters. The number of hydrogen-bond donors (Lipinski definition) is 1. The van der Waals surface area contributed by atoms with E-state index in [-0.39, 0.29) is 0 Å². The van der Waals surface area contributed by atoms with Gasteiger partial charge in [0.05, 0.1) is 24.7 Å². The van der Waals surface area contributed by atoms with Crippen molar-refractivity contribution in [3.63, 3.8) is 0 Å². The minimum absolute atomic E-state index is 0.536. The number of benzene rings is 1. The maximum atomic E-state index is 5.54. The predicted octanol–water partition coefficient (Wildman–Crippen LogP) is 1.75. The minimum atomic E-state index is 0.536. The Morgan fingerprint density at radius 3 is 2.33 bits per heavy atom. The lowest BCUT2D eigenvalue weighted by Crippen LogP contribution is -2.04. The molecule has 0 spiro atoms. The van der Waals surface area contributed by atoms with Crippen LogP contribution >= 0.6 is 0 Å². The molecule has 2 rings (SSSR count). The lowest BCUT2D eigenvalue weighted by molar-refractivity contribution is 0.146. The highest BCUT2D eigenvalue weighted by Gasteiger charge is 2.01. The number of nitrogen functional groups attached to an aromatic ring is 1. The highest BCUT2D eigenvalue weighted by Crippen LogP contribution is 2.19. The van der Waals surface area contributed by atoms with Gasteiger partial charge in [-0.3, -0.25) is 0 Å². The van der Waals surface area contributed by atoms with E-state index in [4.69, 9.17) is 15.2 Å². The van der Waals surface area contributed by atoms with E-state index in [0.29, 0.717) is 24.7 Å². The van der Waals surface area contributed by atoms with Crippen LogP contribution in [0.3, 0.4) is 0 Å². The van der Waals surface area contributed by atoms with Gasteiger partial charge in [0, 0.05) is 12.7 Å². The van der Waals surface area contributed by atoms with E-state index in [1.165, 1.54) is 0 Å². The Morgan fingerprint density at radius 1 is 1.06 bits per heavy atom. The largest absolute Gasteiger partial charge is 0.491 e. The number of nitrogens with two attached hydrogens (primary N) is 1. The van der Waals surface area contributed by atoms with E-state index in [1.807, 2.05) is 24.3 Å². The second-order valence-electron chi connectivity index (χ2n) is 3.71. The lowest BCUT2D eigenvalue weighted by atomic mass is 10.2. The molecule has 1 aromatic carbocycles.